The van der Waals surface area contributed by atoms with Crippen molar-refractivity contribution in [2.24, 2.45) is 0 Å². The Labute approximate surface area is 83.2 Å². The first-order valence-corrected chi connectivity index (χ1v) is 4.45. The van der Waals surface area contributed by atoms with Crippen LogP contribution in [-0.4, -0.2) is 36.6 Å². The summed E-state index contributed by atoms with van der Waals surface area (Å²) in [6, 6.07) is 0. The third kappa shape index (κ3) is 6.19. The van der Waals surface area contributed by atoms with Crippen molar-refractivity contribution >= 4 is 11.9 Å². The molecule has 0 rings (SSSR count). The number of rotatable bonds is 6. The minimum atomic E-state index is -0.940. The van der Waals surface area contributed by atoms with Crippen molar-refractivity contribution in [3.8, 4) is 0 Å². The molecule has 0 bridgehead atoms. The van der Waals surface area contributed by atoms with Crippen molar-refractivity contribution in [2.45, 2.75) is 13.8 Å². The van der Waals surface area contributed by atoms with E-state index in [1.165, 1.54) is 13.0 Å². The van der Waals surface area contributed by atoms with E-state index in [9.17, 15) is 9.59 Å². The fourth-order valence-electron chi connectivity index (χ4n) is 0.758. The van der Waals surface area contributed by atoms with Crippen molar-refractivity contribution in [1.29, 1.82) is 0 Å². The molecule has 0 fully saturated rings. The molecule has 0 aromatic heterocycles. The molecule has 0 atom stereocenters. The third-order valence-electron chi connectivity index (χ3n) is 1.55. The fourth-order valence-corrected chi connectivity index (χ4v) is 0.758. The van der Waals surface area contributed by atoms with Crippen molar-refractivity contribution in [2.75, 3.05) is 19.6 Å². The van der Waals surface area contributed by atoms with Crippen molar-refractivity contribution in [3.63, 3.8) is 0 Å². The Hall–Kier alpha value is -1.36. The Morgan fingerprint density at radius 1 is 1.43 bits per heavy atom. The van der Waals surface area contributed by atoms with Gasteiger partial charge in [0.25, 0.3) is 0 Å². The molecule has 1 amide bonds. The van der Waals surface area contributed by atoms with Crippen LogP contribution in [0.15, 0.2) is 11.6 Å². The Bertz CT molecular complexity index is 236. The first kappa shape index (κ1) is 12.6. The minimum absolute atomic E-state index is 0.0890. The van der Waals surface area contributed by atoms with Gasteiger partial charge < -0.3 is 15.7 Å². The number of hydrogen-bond donors (Lipinski definition) is 3. The summed E-state index contributed by atoms with van der Waals surface area (Å²) in [5.74, 6) is -1.03. The monoisotopic (exact) mass is 200 g/mol. The smallest absolute Gasteiger partial charge is 0.330 e. The van der Waals surface area contributed by atoms with E-state index in [1.807, 2.05) is 6.92 Å². The maximum atomic E-state index is 10.9. The minimum Gasteiger partial charge on any atom is -0.478 e. The highest BCUT2D eigenvalue weighted by atomic mass is 16.4. The Morgan fingerprint density at radius 3 is 2.57 bits per heavy atom. The van der Waals surface area contributed by atoms with E-state index in [1.54, 1.807) is 0 Å². The largest absolute Gasteiger partial charge is 0.478 e. The molecule has 0 unspecified atom stereocenters. The lowest BCUT2D eigenvalue weighted by molar-refractivity contribution is -0.132. The number of carbonyl (C=O) groups is 2. The number of carboxylic acids is 1. The molecule has 5 heteroatoms. The van der Waals surface area contributed by atoms with E-state index in [4.69, 9.17) is 5.11 Å². The van der Waals surface area contributed by atoms with E-state index in [2.05, 4.69) is 10.6 Å². The van der Waals surface area contributed by atoms with Gasteiger partial charge in [-0.1, -0.05) is 6.08 Å². The van der Waals surface area contributed by atoms with E-state index >= 15 is 0 Å². The van der Waals surface area contributed by atoms with Gasteiger partial charge >= 0.3 is 5.97 Å². The molecule has 0 aliphatic rings. The lowest BCUT2D eigenvalue weighted by Crippen LogP contribution is -2.33. The predicted molar refractivity (Wildman–Crippen MR) is 52.9 cm³/mol. The topological polar surface area (TPSA) is 78.4 Å². The molecule has 5 nitrogen and oxygen atoms in total. The van der Waals surface area contributed by atoms with Crippen molar-refractivity contribution in [3.05, 3.63) is 11.6 Å². The van der Waals surface area contributed by atoms with Gasteiger partial charge in [-0.05, 0) is 13.8 Å². The summed E-state index contributed by atoms with van der Waals surface area (Å²) >= 11 is 0. The van der Waals surface area contributed by atoms with Crippen LogP contribution in [0.3, 0.4) is 0 Å². The number of aliphatic carboxylic acids is 1. The lowest BCUT2D eigenvalue weighted by Gasteiger charge is -2.02. The van der Waals surface area contributed by atoms with Gasteiger partial charge in [0.15, 0.2) is 0 Å². The van der Waals surface area contributed by atoms with Gasteiger partial charge in [0.1, 0.15) is 0 Å². The molecule has 0 radical (unpaired) electrons. The molecule has 0 aromatic carbocycles. The average molecular weight is 200 g/mol. The molecular weight excluding hydrogens is 184 g/mol. The highest BCUT2D eigenvalue weighted by Crippen LogP contribution is 1.89. The van der Waals surface area contributed by atoms with E-state index in [0.29, 0.717) is 13.1 Å². The van der Waals surface area contributed by atoms with Gasteiger partial charge in [-0.25, -0.2) is 4.79 Å². The summed E-state index contributed by atoms with van der Waals surface area (Å²) in [6.07, 6.45) is 1.53. The molecular formula is C9H16N2O3. The van der Waals surface area contributed by atoms with Crippen molar-refractivity contribution < 1.29 is 14.7 Å². The number of nitrogens with one attached hydrogen (secondary N) is 2. The number of carboxylic acid groups (broad SMARTS) is 1. The predicted octanol–water partition coefficient (Wildman–Crippen LogP) is -0.257. The summed E-state index contributed by atoms with van der Waals surface area (Å²) in [5, 5.41) is 13.9. The zero-order valence-corrected chi connectivity index (χ0v) is 8.46. The summed E-state index contributed by atoms with van der Waals surface area (Å²) in [4.78, 5) is 21.3. The maximum absolute atomic E-state index is 10.9. The standard InChI is InChI=1S/C9H16N2O3/c1-3-11-8(12)6-10-5-4-7(2)9(13)14/h4,10H,3,5-6H2,1-2H3,(H,11,12)(H,13,14)/b7-4-. The quantitative estimate of drug-likeness (QED) is 0.408. The third-order valence-corrected chi connectivity index (χ3v) is 1.55. The van der Waals surface area contributed by atoms with Crippen LogP contribution in [0.4, 0.5) is 0 Å². The van der Waals surface area contributed by atoms with Gasteiger partial charge in [-0.3, -0.25) is 4.79 Å². The first-order chi connectivity index (χ1) is 6.57. The van der Waals surface area contributed by atoms with Gasteiger partial charge in [-0.15, -0.1) is 0 Å². The van der Waals surface area contributed by atoms with E-state index in [-0.39, 0.29) is 18.0 Å². The van der Waals surface area contributed by atoms with E-state index < -0.39 is 5.97 Å². The van der Waals surface area contributed by atoms with Crippen molar-refractivity contribution in [1.82, 2.24) is 10.6 Å². The highest BCUT2D eigenvalue weighted by Gasteiger charge is 1.99. The van der Waals surface area contributed by atoms with Crippen LogP contribution < -0.4 is 10.6 Å². The average Bonchev–Trinajstić information content (AvgIpc) is 2.12. The highest BCUT2D eigenvalue weighted by molar-refractivity contribution is 5.85. The SMILES string of the molecule is CCNC(=O)CNC/C=C(/C)C(=O)O. The molecule has 0 saturated carbocycles. The van der Waals surface area contributed by atoms with Crippen LogP contribution in [0.2, 0.25) is 0 Å². The zero-order chi connectivity index (χ0) is 11.0. The normalized spacial score (nSPS) is 11.1. The first-order valence-electron chi connectivity index (χ1n) is 4.45. The Morgan fingerprint density at radius 2 is 2.07 bits per heavy atom. The second-order valence-corrected chi connectivity index (χ2v) is 2.78. The molecule has 0 aliphatic carbocycles. The van der Waals surface area contributed by atoms with Crippen LogP contribution in [0, 0.1) is 0 Å². The maximum Gasteiger partial charge on any atom is 0.330 e. The molecule has 3 N–H and O–H groups in total. The Kier molecular flexibility index (Phi) is 6.39. The van der Waals surface area contributed by atoms with Gasteiger partial charge in [-0.2, -0.15) is 0 Å². The number of likely N-dealkylation sites (N-methyl/N-ethyl adjacent to an activating group) is 1. The molecule has 0 spiro atoms. The second kappa shape index (κ2) is 7.08. The lowest BCUT2D eigenvalue weighted by atomic mass is 10.3. The van der Waals surface area contributed by atoms with Crippen LogP contribution in [-0.2, 0) is 9.59 Å². The molecule has 0 saturated heterocycles. The summed E-state index contributed by atoms with van der Waals surface area (Å²) in [7, 11) is 0. The molecule has 14 heavy (non-hydrogen) atoms. The fraction of sp³-hybridized carbons (Fsp3) is 0.556. The van der Waals surface area contributed by atoms with Crippen LogP contribution in [0.25, 0.3) is 0 Å². The number of carbonyl (C=O) groups excluding carboxylic acids is 1. The molecule has 80 valence electrons. The summed E-state index contributed by atoms with van der Waals surface area (Å²) in [5.41, 5.74) is 0.272. The van der Waals surface area contributed by atoms with Gasteiger partial charge in [0, 0.05) is 18.7 Å². The molecule has 0 heterocycles. The Balaban J connectivity index is 3.60. The van der Waals surface area contributed by atoms with Gasteiger partial charge in [0.2, 0.25) is 5.91 Å². The van der Waals surface area contributed by atoms with Crippen LogP contribution in [0.5, 0.6) is 0 Å². The molecule has 0 aliphatic heterocycles. The van der Waals surface area contributed by atoms with E-state index in [0.717, 1.165) is 0 Å². The number of amides is 1. The van der Waals surface area contributed by atoms with Crippen LogP contribution in [0.1, 0.15) is 13.8 Å². The van der Waals surface area contributed by atoms with Crippen LogP contribution >= 0.6 is 0 Å². The summed E-state index contributed by atoms with van der Waals surface area (Å²) < 4.78 is 0. The molecule has 0 aromatic rings. The second-order valence-electron chi connectivity index (χ2n) is 2.78. The zero-order valence-electron chi connectivity index (χ0n) is 8.46. The summed E-state index contributed by atoms with van der Waals surface area (Å²) in [6.45, 7) is 4.54. The number of hydrogen-bond acceptors (Lipinski definition) is 3. The van der Waals surface area contributed by atoms with Gasteiger partial charge in [0.05, 0.1) is 6.54 Å².